The first kappa shape index (κ1) is 11.8. The third-order valence-electron chi connectivity index (χ3n) is 2.60. The van der Waals surface area contributed by atoms with Gasteiger partial charge in [-0.3, -0.25) is 4.57 Å². The number of nitrogens with two attached hydrogens (primary N) is 1. The number of nitrogens with zero attached hydrogens (tertiary/aromatic N) is 3. The van der Waals surface area contributed by atoms with Crippen LogP contribution in [0.3, 0.4) is 0 Å². The Labute approximate surface area is 99.9 Å². The van der Waals surface area contributed by atoms with Crippen molar-refractivity contribution in [1.29, 1.82) is 0 Å². The Hall–Kier alpha value is -1.72. The van der Waals surface area contributed by atoms with Crippen molar-refractivity contribution in [3.63, 3.8) is 0 Å². The van der Waals surface area contributed by atoms with Crippen LogP contribution >= 0.6 is 0 Å². The van der Waals surface area contributed by atoms with Crippen molar-refractivity contribution in [1.82, 2.24) is 14.8 Å². The van der Waals surface area contributed by atoms with E-state index in [1.165, 1.54) is 0 Å². The van der Waals surface area contributed by atoms with E-state index in [0.717, 1.165) is 11.5 Å². The van der Waals surface area contributed by atoms with Crippen molar-refractivity contribution in [3.05, 3.63) is 42.0 Å². The van der Waals surface area contributed by atoms with Crippen LogP contribution in [0.15, 0.2) is 30.3 Å². The highest BCUT2D eigenvalue weighted by atomic mass is 16.3. The van der Waals surface area contributed by atoms with Gasteiger partial charge < -0.3 is 10.8 Å². The van der Waals surface area contributed by atoms with E-state index in [-0.39, 0.29) is 0 Å². The molecule has 0 aliphatic carbocycles. The zero-order chi connectivity index (χ0) is 12.3. The Kier molecular flexibility index (Phi) is 3.51. The van der Waals surface area contributed by atoms with Crippen LogP contribution in [-0.2, 0) is 0 Å². The van der Waals surface area contributed by atoms with Crippen LogP contribution in [0.1, 0.15) is 24.2 Å². The number of hydrogen-bond acceptors (Lipinski definition) is 4. The molecule has 0 aliphatic heterocycles. The van der Waals surface area contributed by atoms with E-state index in [1.807, 2.05) is 41.8 Å². The highest BCUT2D eigenvalue weighted by Crippen LogP contribution is 2.19. The molecular formula is C12H16N4O. The average molecular weight is 232 g/mol. The SMILES string of the molecule is Cc1nnc([C@@H](O)CCN)n1-c1ccccc1. The molecule has 0 unspecified atom stereocenters. The second-order valence-corrected chi connectivity index (χ2v) is 3.87. The second-order valence-electron chi connectivity index (χ2n) is 3.87. The van der Waals surface area contributed by atoms with Crippen LogP contribution in [0.25, 0.3) is 5.69 Å². The maximum absolute atomic E-state index is 9.97. The summed E-state index contributed by atoms with van der Waals surface area (Å²) in [4.78, 5) is 0. The maximum atomic E-state index is 9.97. The third-order valence-corrected chi connectivity index (χ3v) is 2.60. The lowest BCUT2D eigenvalue weighted by Gasteiger charge is -2.12. The molecule has 5 nitrogen and oxygen atoms in total. The summed E-state index contributed by atoms with van der Waals surface area (Å²) in [5.74, 6) is 1.29. The van der Waals surface area contributed by atoms with E-state index >= 15 is 0 Å². The fourth-order valence-electron chi connectivity index (χ4n) is 1.78. The molecule has 2 aromatic rings. The van der Waals surface area contributed by atoms with Gasteiger partial charge in [0, 0.05) is 5.69 Å². The molecule has 0 radical (unpaired) electrons. The molecule has 5 heteroatoms. The predicted octanol–water partition coefficient (Wildman–Crippen LogP) is 0.958. The molecule has 3 N–H and O–H groups in total. The number of hydrogen-bond donors (Lipinski definition) is 2. The van der Waals surface area contributed by atoms with Gasteiger partial charge >= 0.3 is 0 Å². The van der Waals surface area contributed by atoms with E-state index in [2.05, 4.69) is 10.2 Å². The highest BCUT2D eigenvalue weighted by Gasteiger charge is 2.17. The first-order chi connectivity index (χ1) is 8.24. The lowest BCUT2D eigenvalue weighted by atomic mass is 10.2. The van der Waals surface area contributed by atoms with Crippen LogP contribution in [-0.4, -0.2) is 26.4 Å². The molecule has 0 fully saturated rings. The summed E-state index contributed by atoms with van der Waals surface area (Å²) in [5, 5.41) is 18.0. The zero-order valence-electron chi connectivity index (χ0n) is 9.74. The number of benzene rings is 1. The Morgan fingerprint density at radius 3 is 2.65 bits per heavy atom. The number of aromatic nitrogens is 3. The quantitative estimate of drug-likeness (QED) is 0.823. The van der Waals surface area contributed by atoms with E-state index in [0.29, 0.717) is 18.8 Å². The van der Waals surface area contributed by atoms with Crippen LogP contribution in [0.2, 0.25) is 0 Å². The molecule has 1 heterocycles. The van der Waals surface area contributed by atoms with Gasteiger partial charge in [0.15, 0.2) is 5.82 Å². The van der Waals surface area contributed by atoms with Crippen molar-refractivity contribution in [2.45, 2.75) is 19.4 Å². The van der Waals surface area contributed by atoms with E-state index in [1.54, 1.807) is 0 Å². The normalized spacial score (nSPS) is 12.6. The fraction of sp³-hybridized carbons (Fsp3) is 0.333. The largest absolute Gasteiger partial charge is 0.385 e. The summed E-state index contributed by atoms with van der Waals surface area (Å²) in [6, 6.07) is 9.73. The minimum Gasteiger partial charge on any atom is -0.385 e. The highest BCUT2D eigenvalue weighted by molar-refractivity contribution is 5.34. The zero-order valence-corrected chi connectivity index (χ0v) is 9.74. The summed E-state index contributed by atoms with van der Waals surface area (Å²) in [6.07, 6.45) is -0.202. The van der Waals surface area contributed by atoms with Gasteiger partial charge in [0.2, 0.25) is 0 Å². The van der Waals surface area contributed by atoms with Gasteiger partial charge in [0.25, 0.3) is 0 Å². The Balaban J connectivity index is 2.43. The lowest BCUT2D eigenvalue weighted by molar-refractivity contribution is 0.158. The van der Waals surface area contributed by atoms with Gasteiger partial charge in [-0.05, 0) is 32.0 Å². The minimum absolute atomic E-state index is 0.419. The molecular weight excluding hydrogens is 216 g/mol. The molecule has 90 valence electrons. The maximum Gasteiger partial charge on any atom is 0.166 e. The van der Waals surface area contributed by atoms with Gasteiger partial charge in [-0.1, -0.05) is 18.2 Å². The topological polar surface area (TPSA) is 77.0 Å². The third kappa shape index (κ3) is 2.35. The fourth-order valence-corrected chi connectivity index (χ4v) is 1.78. The van der Waals surface area contributed by atoms with Crippen LogP contribution < -0.4 is 5.73 Å². The average Bonchev–Trinajstić information content (AvgIpc) is 2.73. The summed E-state index contributed by atoms with van der Waals surface area (Å²) in [7, 11) is 0. The Bertz CT molecular complexity index is 481. The van der Waals surface area contributed by atoms with Gasteiger partial charge in [-0.25, -0.2) is 0 Å². The second kappa shape index (κ2) is 5.07. The number of aliphatic hydroxyl groups excluding tert-OH is 1. The summed E-state index contributed by atoms with van der Waals surface area (Å²) < 4.78 is 1.85. The summed E-state index contributed by atoms with van der Waals surface area (Å²) in [6.45, 7) is 2.28. The van der Waals surface area contributed by atoms with Crippen molar-refractivity contribution in [2.24, 2.45) is 5.73 Å². The van der Waals surface area contributed by atoms with Gasteiger partial charge in [-0.2, -0.15) is 0 Å². The van der Waals surface area contributed by atoms with Crippen LogP contribution in [0.4, 0.5) is 0 Å². The molecule has 0 spiro atoms. The number of para-hydroxylation sites is 1. The summed E-state index contributed by atoms with van der Waals surface area (Å²) >= 11 is 0. The molecule has 0 bridgehead atoms. The van der Waals surface area contributed by atoms with Crippen molar-refractivity contribution in [3.8, 4) is 5.69 Å². The van der Waals surface area contributed by atoms with Crippen LogP contribution in [0.5, 0.6) is 0 Å². The van der Waals surface area contributed by atoms with Crippen molar-refractivity contribution < 1.29 is 5.11 Å². The van der Waals surface area contributed by atoms with Crippen molar-refractivity contribution >= 4 is 0 Å². The van der Waals surface area contributed by atoms with E-state index < -0.39 is 6.10 Å². The van der Waals surface area contributed by atoms with Crippen molar-refractivity contribution in [2.75, 3.05) is 6.54 Å². The van der Waals surface area contributed by atoms with Gasteiger partial charge in [0.1, 0.15) is 11.9 Å². The number of aryl methyl sites for hydroxylation is 1. The van der Waals surface area contributed by atoms with E-state index in [4.69, 9.17) is 5.73 Å². The number of aliphatic hydroxyl groups is 1. The van der Waals surface area contributed by atoms with Crippen LogP contribution in [0, 0.1) is 6.92 Å². The van der Waals surface area contributed by atoms with Gasteiger partial charge in [-0.15, -0.1) is 10.2 Å². The standard InChI is InChI=1S/C12H16N4O/c1-9-14-15-12(11(17)7-8-13)16(9)10-5-3-2-4-6-10/h2-6,11,17H,7-8,13H2,1H3/t11-/m0/s1. The molecule has 0 aliphatic rings. The number of rotatable bonds is 4. The molecule has 0 amide bonds. The smallest absolute Gasteiger partial charge is 0.166 e. The predicted molar refractivity (Wildman–Crippen MR) is 64.7 cm³/mol. The summed E-state index contributed by atoms with van der Waals surface area (Å²) in [5.41, 5.74) is 6.39. The molecule has 1 aromatic heterocycles. The van der Waals surface area contributed by atoms with E-state index in [9.17, 15) is 5.11 Å². The molecule has 2 rings (SSSR count). The van der Waals surface area contributed by atoms with Gasteiger partial charge in [0.05, 0.1) is 0 Å². The monoisotopic (exact) mass is 232 g/mol. The molecule has 0 saturated carbocycles. The first-order valence-corrected chi connectivity index (χ1v) is 5.59. The molecule has 17 heavy (non-hydrogen) atoms. The minimum atomic E-state index is -0.679. The molecule has 0 saturated heterocycles. The lowest BCUT2D eigenvalue weighted by Crippen LogP contribution is -2.12. The first-order valence-electron chi connectivity index (χ1n) is 5.59. The molecule has 1 aromatic carbocycles. The molecule has 1 atom stereocenters. The Morgan fingerprint density at radius 1 is 1.29 bits per heavy atom. The Morgan fingerprint density at radius 2 is 2.00 bits per heavy atom.